The Labute approximate surface area is 143 Å². The molecule has 0 heterocycles. The Morgan fingerprint density at radius 3 is 1.29 bits per heavy atom. The molecule has 0 bridgehead atoms. The largest absolute Gasteiger partial charge is 0.697 e. The lowest BCUT2D eigenvalue weighted by atomic mass is 10.4. The van der Waals surface area contributed by atoms with E-state index in [-0.39, 0.29) is 25.4 Å². The predicted octanol–water partition coefficient (Wildman–Crippen LogP) is -0.868. The van der Waals surface area contributed by atoms with Gasteiger partial charge in [0.25, 0.3) is 0 Å². The van der Waals surface area contributed by atoms with Crippen molar-refractivity contribution in [1.82, 2.24) is 0 Å². The maximum absolute atomic E-state index is 9.37. The molecule has 10 nitrogen and oxygen atoms in total. The number of hydrogen-bond acceptors (Lipinski definition) is 9. The van der Waals surface area contributed by atoms with Crippen molar-refractivity contribution in [3.8, 4) is 0 Å². The van der Waals surface area contributed by atoms with Crippen LogP contribution in [0.15, 0.2) is 0 Å². The summed E-state index contributed by atoms with van der Waals surface area (Å²) in [5.41, 5.74) is 0. The van der Waals surface area contributed by atoms with Crippen LogP contribution in [0.5, 0.6) is 0 Å². The molecular weight excluding hydrogens is 347 g/mol. The van der Waals surface area contributed by atoms with Crippen LogP contribution in [0.25, 0.3) is 0 Å². The third-order valence-corrected chi connectivity index (χ3v) is 2.26. The summed E-state index contributed by atoms with van der Waals surface area (Å²) >= 11 is 0. The van der Waals surface area contributed by atoms with E-state index in [2.05, 4.69) is 4.52 Å². The first-order valence-electron chi connectivity index (χ1n) is 7.31. The molecule has 148 valence electrons. The van der Waals surface area contributed by atoms with Crippen molar-refractivity contribution in [1.29, 1.82) is 0 Å². The third kappa shape index (κ3) is 33.4. The topological polar surface area (TPSA) is 166 Å². The van der Waals surface area contributed by atoms with Gasteiger partial charge >= 0.3 is 8.25 Å². The van der Waals surface area contributed by atoms with Crippen molar-refractivity contribution in [2.75, 3.05) is 33.2 Å². The summed E-state index contributed by atoms with van der Waals surface area (Å²) in [7, 11) is -2.60. The Morgan fingerprint density at radius 1 is 0.833 bits per heavy atom. The maximum atomic E-state index is 9.37. The predicted molar refractivity (Wildman–Crippen MR) is 86.4 cm³/mol. The van der Waals surface area contributed by atoms with E-state index in [9.17, 15) is 4.57 Å². The van der Waals surface area contributed by atoms with Gasteiger partial charge in [0.1, 0.15) is 0 Å². The fourth-order valence-electron chi connectivity index (χ4n) is 0.762. The van der Waals surface area contributed by atoms with E-state index in [4.69, 9.17) is 39.9 Å². The molecule has 5 atom stereocenters. The summed E-state index contributed by atoms with van der Waals surface area (Å²) < 4.78 is 22.9. The molecule has 5 unspecified atom stereocenters. The third-order valence-electron chi connectivity index (χ3n) is 1.93. The highest BCUT2D eigenvalue weighted by molar-refractivity contribution is 7.32. The molecule has 0 aliphatic rings. The van der Waals surface area contributed by atoms with Gasteiger partial charge in [-0.3, -0.25) is 0 Å². The van der Waals surface area contributed by atoms with Gasteiger partial charge in [0.15, 0.2) is 0 Å². The molecule has 0 aliphatic carbocycles. The zero-order valence-electron chi connectivity index (χ0n) is 14.6. The lowest BCUT2D eigenvalue weighted by molar-refractivity contribution is -0.0177. The van der Waals surface area contributed by atoms with E-state index in [0.717, 1.165) is 0 Å². The van der Waals surface area contributed by atoms with Gasteiger partial charge in [-0.1, -0.05) is 4.52 Å². The second kappa shape index (κ2) is 20.8. The molecular formula is C13H32O10P+. The van der Waals surface area contributed by atoms with Gasteiger partial charge in [-0.05, 0) is 27.7 Å². The summed E-state index contributed by atoms with van der Waals surface area (Å²) in [6.45, 7) is 6.69. The van der Waals surface area contributed by atoms with Crippen LogP contribution in [0.3, 0.4) is 0 Å². The van der Waals surface area contributed by atoms with E-state index >= 15 is 0 Å². The van der Waals surface area contributed by atoms with Crippen molar-refractivity contribution < 1.29 is 49.0 Å². The fourth-order valence-corrected chi connectivity index (χ4v) is 0.861. The molecule has 0 spiro atoms. The van der Waals surface area contributed by atoms with E-state index in [1.54, 1.807) is 27.7 Å². The summed E-state index contributed by atoms with van der Waals surface area (Å²) in [6.07, 6.45) is -1.22. The van der Waals surface area contributed by atoms with Gasteiger partial charge < -0.3 is 35.0 Å². The van der Waals surface area contributed by atoms with E-state index in [0.29, 0.717) is 13.2 Å². The number of aliphatic hydroxyl groups excluding tert-OH is 5. The molecule has 0 rings (SSSR count). The molecule has 11 heteroatoms. The fraction of sp³-hybridized carbons (Fsp3) is 1.00. The second-order valence-corrected chi connectivity index (χ2v) is 5.58. The molecule has 0 aromatic heterocycles. The molecule has 0 amide bonds. The van der Waals surface area contributed by atoms with Gasteiger partial charge in [-0.2, -0.15) is 0 Å². The minimum atomic E-state index is -2.60. The summed E-state index contributed by atoms with van der Waals surface area (Å²) in [5, 5.41) is 41.9. The lowest BCUT2D eigenvalue weighted by Gasteiger charge is -2.10. The van der Waals surface area contributed by atoms with Crippen molar-refractivity contribution in [3.63, 3.8) is 0 Å². The summed E-state index contributed by atoms with van der Waals surface area (Å²) in [4.78, 5) is 7.68. The van der Waals surface area contributed by atoms with Gasteiger partial charge in [-0.15, -0.1) is 4.89 Å². The first-order chi connectivity index (χ1) is 11.1. The molecule has 6 N–H and O–H groups in total. The van der Waals surface area contributed by atoms with Crippen LogP contribution in [-0.4, -0.2) is 88.1 Å². The average Bonchev–Trinajstić information content (AvgIpc) is 2.51. The highest BCUT2D eigenvalue weighted by atomic mass is 31.1. The molecule has 0 aromatic carbocycles. The van der Waals surface area contributed by atoms with Crippen LogP contribution >= 0.6 is 8.25 Å². The van der Waals surface area contributed by atoms with Crippen LogP contribution < -0.4 is 0 Å². The highest BCUT2D eigenvalue weighted by Gasteiger charge is 2.07. The molecule has 0 saturated heterocycles. The SMILES string of the molecule is CC(O)COC(C)CO.CC(O)COC(C)CO.O=[P+](O)OCO. The Bertz CT molecular complexity index is 247. The van der Waals surface area contributed by atoms with Crippen LogP contribution in [-0.2, 0) is 18.6 Å². The Hall–Kier alpha value is -0.260. The Balaban J connectivity index is -0.000000282. The van der Waals surface area contributed by atoms with Gasteiger partial charge in [0, 0.05) is 4.57 Å². The van der Waals surface area contributed by atoms with Gasteiger partial charge in [0.05, 0.1) is 50.8 Å². The Kier molecular flexibility index (Phi) is 24.7. The number of aliphatic hydroxyl groups is 5. The van der Waals surface area contributed by atoms with E-state index < -0.39 is 27.3 Å². The van der Waals surface area contributed by atoms with Crippen LogP contribution in [0.1, 0.15) is 27.7 Å². The zero-order chi connectivity index (χ0) is 19.5. The normalized spacial score (nSPS) is 15.8. The number of hydrogen-bond donors (Lipinski definition) is 6. The van der Waals surface area contributed by atoms with Crippen molar-refractivity contribution >= 4 is 8.25 Å². The van der Waals surface area contributed by atoms with Gasteiger partial charge in [-0.25, -0.2) is 0 Å². The summed E-state index contributed by atoms with van der Waals surface area (Å²) in [6, 6.07) is 0. The number of rotatable bonds is 10. The number of ether oxygens (including phenoxy) is 2. The average molecular weight is 379 g/mol. The summed E-state index contributed by atoms with van der Waals surface area (Å²) in [5.74, 6) is 0. The molecule has 0 saturated carbocycles. The van der Waals surface area contributed by atoms with E-state index in [1.807, 2.05) is 0 Å². The molecule has 0 fully saturated rings. The minimum Gasteiger partial charge on any atom is -0.394 e. The monoisotopic (exact) mass is 379 g/mol. The van der Waals surface area contributed by atoms with Gasteiger partial charge in [0.2, 0.25) is 6.79 Å². The van der Waals surface area contributed by atoms with Crippen molar-refractivity contribution in [2.24, 2.45) is 0 Å². The smallest absolute Gasteiger partial charge is 0.394 e. The maximum Gasteiger partial charge on any atom is 0.697 e. The van der Waals surface area contributed by atoms with Crippen LogP contribution in [0, 0.1) is 0 Å². The molecule has 0 aromatic rings. The van der Waals surface area contributed by atoms with Crippen molar-refractivity contribution in [2.45, 2.75) is 52.1 Å². The zero-order valence-corrected chi connectivity index (χ0v) is 15.5. The second-order valence-electron chi connectivity index (χ2n) is 4.85. The van der Waals surface area contributed by atoms with Crippen LogP contribution in [0.4, 0.5) is 0 Å². The molecule has 0 aliphatic heterocycles. The molecule has 0 radical (unpaired) electrons. The molecule has 24 heavy (non-hydrogen) atoms. The highest BCUT2D eigenvalue weighted by Crippen LogP contribution is 2.11. The van der Waals surface area contributed by atoms with Crippen LogP contribution in [0.2, 0.25) is 0 Å². The van der Waals surface area contributed by atoms with Crippen molar-refractivity contribution in [3.05, 3.63) is 0 Å². The minimum absolute atomic E-state index is 0.00667. The first kappa shape index (κ1) is 28.5. The standard InChI is InChI=1S/2C6H14O3.CH3O4P/c2*1-5(8)4-9-6(2)3-7;2-1-5-6(3)4/h2*5-8H,3-4H2,1-2H3;2H,1H2/p+1. The quantitative estimate of drug-likeness (QED) is 0.207. The Morgan fingerprint density at radius 2 is 1.17 bits per heavy atom. The first-order valence-corrected chi connectivity index (χ1v) is 8.44. The van der Waals surface area contributed by atoms with E-state index in [1.165, 1.54) is 0 Å². The lowest BCUT2D eigenvalue weighted by Crippen LogP contribution is -2.19.